The first-order chi connectivity index (χ1) is 8.94. The van der Waals surface area contributed by atoms with E-state index in [1.807, 2.05) is 0 Å². The number of rotatable bonds is 4. The van der Waals surface area contributed by atoms with Gasteiger partial charge < -0.3 is 15.1 Å². The van der Waals surface area contributed by atoms with Crippen LogP contribution in [0.5, 0.6) is 0 Å². The van der Waals surface area contributed by atoms with E-state index < -0.39 is 0 Å². The lowest BCUT2D eigenvalue weighted by atomic mass is 9.81. The Morgan fingerprint density at radius 3 is 2.68 bits per heavy atom. The van der Waals surface area contributed by atoms with E-state index in [0.717, 1.165) is 12.0 Å². The summed E-state index contributed by atoms with van der Waals surface area (Å²) in [5.41, 5.74) is 0.349. The molecule has 0 aromatic rings. The monoisotopic (exact) mass is 267 g/mol. The van der Waals surface area contributed by atoms with E-state index in [-0.39, 0.29) is 0 Å². The lowest BCUT2D eigenvalue weighted by molar-refractivity contribution is 0.0196. The molecule has 2 heterocycles. The number of hydrogen-bond acceptors (Lipinski definition) is 3. The highest BCUT2D eigenvalue weighted by Crippen LogP contribution is 2.31. The molecule has 2 aliphatic rings. The maximum atomic E-state index is 3.42. The molecule has 0 aromatic heterocycles. The van der Waals surface area contributed by atoms with Gasteiger partial charge in [-0.15, -0.1) is 0 Å². The molecule has 0 aromatic carbocycles. The zero-order valence-electron chi connectivity index (χ0n) is 13.6. The smallest absolute Gasteiger partial charge is 0.0145 e. The highest BCUT2D eigenvalue weighted by molar-refractivity contribution is 4.92. The van der Waals surface area contributed by atoms with Gasteiger partial charge in [-0.05, 0) is 64.7 Å². The molecular formula is C16H33N3. The van der Waals surface area contributed by atoms with Crippen molar-refractivity contribution in [2.75, 3.05) is 40.3 Å². The molecule has 3 nitrogen and oxygen atoms in total. The van der Waals surface area contributed by atoms with E-state index in [1.54, 1.807) is 0 Å². The summed E-state index contributed by atoms with van der Waals surface area (Å²) >= 11 is 0. The zero-order chi connectivity index (χ0) is 14.0. The van der Waals surface area contributed by atoms with Crippen LogP contribution < -0.4 is 5.32 Å². The first-order valence-electron chi connectivity index (χ1n) is 8.04. The second-order valence-corrected chi connectivity index (χ2v) is 7.47. The fourth-order valence-electron chi connectivity index (χ4n) is 3.98. The van der Waals surface area contributed by atoms with Gasteiger partial charge in [0.15, 0.2) is 0 Å². The van der Waals surface area contributed by atoms with E-state index >= 15 is 0 Å². The molecule has 0 amide bonds. The average Bonchev–Trinajstić information content (AvgIpc) is 2.37. The molecule has 2 fully saturated rings. The molecule has 3 unspecified atom stereocenters. The van der Waals surface area contributed by atoms with Crippen LogP contribution in [0.1, 0.15) is 40.0 Å². The number of fused-ring (bicyclic) bond motifs is 1. The van der Waals surface area contributed by atoms with Gasteiger partial charge in [-0.2, -0.15) is 0 Å². The van der Waals surface area contributed by atoms with Gasteiger partial charge in [0, 0.05) is 25.2 Å². The summed E-state index contributed by atoms with van der Waals surface area (Å²) in [4.78, 5) is 5.32. The lowest BCUT2D eigenvalue weighted by Gasteiger charge is -2.48. The molecule has 2 rings (SSSR count). The summed E-state index contributed by atoms with van der Waals surface area (Å²) in [6.07, 6.45) is 4.19. The summed E-state index contributed by atoms with van der Waals surface area (Å²) in [5.74, 6) is 0.910. The second-order valence-electron chi connectivity index (χ2n) is 7.47. The summed E-state index contributed by atoms with van der Waals surface area (Å²) in [6.45, 7) is 12.2. The van der Waals surface area contributed by atoms with Crippen molar-refractivity contribution in [2.24, 2.45) is 11.3 Å². The predicted molar refractivity (Wildman–Crippen MR) is 82.5 cm³/mol. The Balaban J connectivity index is 1.90. The van der Waals surface area contributed by atoms with Gasteiger partial charge in [-0.1, -0.05) is 13.8 Å². The summed E-state index contributed by atoms with van der Waals surface area (Å²) in [7, 11) is 4.40. The molecular weight excluding hydrogens is 234 g/mol. The predicted octanol–water partition coefficient (Wildman–Crippen LogP) is 2.04. The molecule has 0 aliphatic carbocycles. The molecule has 112 valence electrons. The van der Waals surface area contributed by atoms with E-state index in [1.165, 1.54) is 45.4 Å². The van der Waals surface area contributed by atoms with Gasteiger partial charge in [-0.3, -0.25) is 0 Å². The van der Waals surface area contributed by atoms with E-state index in [4.69, 9.17) is 0 Å². The highest BCUT2D eigenvalue weighted by Gasteiger charge is 2.36. The van der Waals surface area contributed by atoms with Crippen molar-refractivity contribution >= 4 is 0 Å². The van der Waals surface area contributed by atoms with Crippen molar-refractivity contribution in [1.82, 2.24) is 15.1 Å². The van der Waals surface area contributed by atoms with Crippen LogP contribution in [0.2, 0.25) is 0 Å². The molecule has 2 saturated heterocycles. The Morgan fingerprint density at radius 2 is 2.00 bits per heavy atom. The first kappa shape index (κ1) is 15.3. The second kappa shape index (κ2) is 6.11. The van der Waals surface area contributed by atoms with Crippen molar-refractivity contribution < 1.29 is 0 Å². The number of nitrogens with one attached hydrogen (secondary N) is 1. The standard InChI is InChI=1S/C16H33N3/c1-13(17-4)16(2,3)12-19-10-8-15-14(11-19)7-6-9-18(15)5/h13-15,17H,6-12H2,1-5H3. The summed E-state index contributed by atoms with van der Waals surface area (Å²) < 4.78 is 0. The normalized spacial score (nSPS) is 32.1. The Hall–Kier alpha value is -0.120. The Morgan fingerprint density at radius 1 is 1.26 bits per heavy atom. The van der Waals surface area contributed by atoms with E-state index in [0.29, 0.717) is 11.5 Å². The lowest BCUT2D eigenvalue weighted by Crippen LogP contribution is -2.55. The first-order valence-corrected chi connectivity index (χ1v) is 8.04. The van der Waals surface area contributed by atoms with Crippen molar-refractivity contribution in [1.29, 1.82) is 0 Å². The number of nitrogens with zero attached hydrogens (tertiary/aromatic N) is 2. The van der Waals surface area contributed by atoms with Crippen molar-refractivity contribution in [3.05, 3.63) is 0 Å². The van der Waals surface area contributed by atoms with Crippen LogP contribution in [0.3, 0.4) is 0 Å². The number of likely N-dealkylation sites (tertiary alicyclic amines) is 2. The molecule has 0 saturated carbocycles. The van der Waals surface area contributed by atoms with Gasteiger partial charge >= 0.3 is 0 Å². The average molecular weight is 267 g/mol. The zero-order valence-corrected chi connectivity index (χ0v) is 13.6. The van der Waals surface area contributed by atoms with Crippen LogP contribution in [-0.4, -0.2) is 62.2 Å². The van der Waals surface area contributed by atoms with E-state index in [9.17, 15) is 0 Å². The fourth-order valence-corrected chi connectivity index (χ4v) is 3.98. The van der Waals surface area contributed by atoms with E-state index in [2.05, 4.69) is 50.0 Å². The molecule has 19 heavy (non-hydrogen) atoms. The van der Waals surface area contributed by atoms with Crippen LogP contribution in [-0.2, 0) is 0 Å². The Bertz CT molecular complexity index is 290. The van der Waals surface area contributed by atoms with Crippen LogP contribution >= 0.6 is 0 Å². The quantitative estimate of drug-likeness (QED) is 0.841. The number of hydrogen-bond donors (Lipinski definition) is 1. The molecule has 3 heteroatoms. The van der Waals surface area contributed by atoms with Crippen LogP contribution in [0, 0.1) is 11.3 Å². The largest absolute Gasteiger partial charge is 0.317 e. The van der Waals surface area contributed by atoms with Crippen molar-refractivity contribution in [2.45, 2.75) is 52.1 Å². The fraction of sp³-hybridized carbons (Fsp3) is 1.00. The van der Waals surface area contributed by atoms with Gasteiger partial charge in [0.1, 0.15) is 0 Å². The molecule has 1 N–H and O–H groups in total. The Labute approximate surface area is 119 Å². The van der Waals surface area contributed by atoms with Gasteiger partial charge in [0.25, 0.3) is 0 Å². The topological polar surface area (TPSA) is 18.5 Å². The third-order valence-corrected chi connectivity index (χ3v) is 5.67. The Kier molecular flexibility index (Phi) is 4.91. The maximum Gasteiger partial charge on any atom is 0.0145 e. The molecule has 0 bridgehead atoms. The summed E-state index contributed by atoms with van der Waals surface area (Å²) in [6, 6.07) is 1.43. The van der Waals surface area contributed by atoms with Crippen LogP contribution in [0.25, 0.3) is 0 Å². The molecule has 3 atom stereocenters. The SMILES string of the molecule is CNC(C)C(C)(C)CN1CCC2C(CCCN2C)C1. The minimum Gasteiger partial charge on any atom is -0.317 e. The highest BCUT2D eigenvalue weighted by atomic mass is 15.2. The maximum absolute atomic E-state index is 3.42. The third kappa shape index (κ3) is 3.50. The molecule has 0 spiro atoms. The molecule has 0 radical (unpaired) electrons. The van der Waals surface area contributed by atoms with Crippen molar-refractivity contribution in [3.8, 4) is 0 Å². The van der Waals surface area contributed by atoms with Gasteiger partial charge in [0.2, 0.25) is 0 Å². The number of piperidine rings is 2. The molecule has 2 aliphatic heterocycles. The minimum atomic E-state index is 0.349. The van der Waals surface area contributed by atoms with Crippen LogP contribution in [0.15, 0.2) is 0 Å². The summed E-state index contributed by atoms with van der Waals surface area (Å²) in [5, 5.41) is 3.42. The van der Waals surface area contributed by atoms with Crippen LogP contribution in [0.4, 0.5) is 0 Å². The van der Waals surface area contributed by atoms with Crippen molar-refractivity contribution in [3.63, 3.8) is 0 Å². The van der Waals surface area contributed by atoms with Gasteiger partial charge in [-0.25, -0.2) is 0 Å². The minimum absolute atomic E-state index is 0.349. The van der Waals surface area contributed by atoms with Gasteiger partial charge in [0.05, 0.1) is 0 Å². The third-order valence-electron chi connectivity index (χ3n) is 5.67.